The summed E-state index contributed by atoms with van der Waals surface area (Å²) in [6.07, 6.45) is 8.01. The van der Waals surface area contributed by atoms with E-state index < -0.39 is 0 Å². The second kappa shape index (κ2) is 5.87. The quantitative estimate of drug-likeness (QED) is 0.716. The van der Waals surface area contributed by atoms with Crippen LogP contribution in [0.25, 0.3) is 6.08 Å². The third-order valence-corrected chi connectivity index (χ3v) is 2.09. The molecule has 0 aliphatic carbocycles. The summed E-state index contributed by atoms with van der Waals surface area (Å²) in [4.78, 5) is 4.03. The highest BCUT2D eigenvalue weighted by molar-refractivity contribution is 5.42. The van der Waals surface area contributed by atoms with E-state index in [2.05, 4.69) is 20.5 Å². The minimum Gasteiger partial charge on any atom is -0.465 e. The number of aromatic amines is 1. The van der Waals surface area contributed by atoms with Gasteiger partial charge in [-0.2, -0.15) is 5.10 Å². The first-order chi connectivity index (χ1) is 7.95. The molecule has 2 aromatic rings. The molecule has 2 heterocycles. The largest absolute Gasteiger partial charge is 0.465 e. The molecule has 0 aromatic carbocycles. The fraction of sp³-hybridized carbons (Fsp3) is 0.273. The standard InChI is InChI=1S/C11H14N4O/c1(3-10-4-2-8-16-10)6-12-7-5-11-13-9-14-15-11/h1-4,8-9,12H,5-7H2,(H,13,14,15)/b3-1+. The molecule has 2 N–H and O–H groups in total. The van der Waals surface area contributed by atoms with E-state index in [1.807, 2.05) is 24.3 Å². The van der Waals surface area contributed by atoms with Crippen LogP contribution in [0, 0.1) is 0 Å². The van der Waals surface area contributed by atoms with Gasteiger partial charge in [0, 0.05) is 19.5 Å². The Labute approximate surface area is 93.6 Å². The predicted octanol–water partition coefficient (Wildman–Crippen LogP) is 1.24. The molecule has 0 aliphatic rings. The molecular weight excluding hydrogens is 204 g/mol. The molecule has 0 radical (unpaired) electrons. The Hall–Kier alpha value is -1.88. The molecule has 0 fully saturated rings. The Morgan fingerprint density at radius 1 is 1.50 bits per heavy atom. The average molecular weight is 218 g/mol. The van der Waals surface area contributed by atoms with Crippen molar-refractivity contribution in [3.8, 4) is 0 Å². The molecule has 0 spiro atoms. The normalized spacial score (nSPS) is 11.2. The highest BCUT2D eigenvalue weighted by atomic mass is 16.3. The van der Waals surface area contributed by atoms with E-state index in [0.717, 1.165) is 31.1 Å². The minimum absolute atomic E-state index is 0.814. The van der Waals surface area contributed by atoms with Gasteiger partial charge in [0.2, 0.25) is 0 Å². The van der Waals surface area contributed by atoms with E-state index in [4.69, 9.17) is 4.42 Å². The molecule has 0 saturated heterocycles. The fourth-order valence-electron chi connectivity index (χ4n) is 1.30. The van der Waals surface area contributed by atoms with Crippen LogP contribution in [-0.2, 0) is 6.42 Å². The third kappa shape index (κ3) is 3.36. The van der Waals surface area contributed by atoms with Crippen molar-refractivity contribution in [2.45, 2.75) is 6.42 Å². The number of aromatic nitrogens is 3. The lowest BCUT2D eigenvalue weighted by Crippen LogP contribution is -2.17. The van der Waals surface area contributed by atoms with E-state index >= 15 is 0 Å². The first-order valence-corrected chi connectivity index (χ1v) is 5.20. The van der Waals surface area contributed by atoms with Crippen molar-refractivity contribution in [1.82, 2.24) is 20.5 Å². The summed E-state index contributed by atoms with van der Waals surface area (Å²) in [5.74, 6) is 1.78. The molecule has 0 saturated carbocycles. The van der Waals surface area contributed by atoms with Crippen molar-refractivity contribution in [2.75, 3.05) is 13.1 Å². The average Bonchev–Trinajstić information content (AvgIpc) is 2.96. The molecule has 0 amide bonds. The van der Waals surface area contributed by atoms with Crippen LogP contribution in [0.1, 0.15) is 11.6 Å². The molecule has 0 atom stereocenters. The Morgan fingerprint density at radius 3 is 3.25 bits per heavy atom. The van der Waals surface area contributed by atoms with Crippen LogP contribution in [0.3, 0.4) is 0 Å². The fourth-order valence-corrected chi connectivity index (χ4v) is 1.30. The first-order valence-electron chi connectivity index (χ1n) is 5.20. The van der Waals surface area contributed by atoms with Gasteiger partial charge >= 0.3 is 0 Å². The first kappa shape index (κ1) is 10.6. The van der Waals surface area contributed by atoms with E-state index in [9.17, 15) is 0 Å². The number of nitrogens with zero attached hydrogens (tertiary/aromatic N) is 2. The Balaban J connectivity index is 1.59. The van der Waals surface area contributed by atoms with Crippen molar-refractivity contribution >= 4 is 6.08 Å². The summed E-state index contributed by atoms with van der Waals surface area (Å²) in [5.41, 5.74) is 0. The minimum atomic E-state index is 0.814. The van der Waals surface area contributed by atoms with E-state index in [0.29, 0.717) is 0 Å². The van der Waals surface area contributed by atoms with E-state index in [-0.39, 0.29) is 0 Å². The van der Waals surface area contributed by atoms with Crippen LogP contribution >= 0.6 is 0 Å². The van der Waals surface area contributed by atoms with Crippen molar-refractivity contribution in [2.24, 2.45) is 0 Å². The van der Waals surface area contributed by atoms with Crippen molar-refractivity contribution in [1.29, 1.82) is 0 Å². The zero-order valence-corrected chi connectivity index (χ0v) is 8.89. The molecule has 84 valence electrons. The Morgan fingerprint density at radius 2 is 2.50 bits per heavy atom. The van der Waals surface area contributed by atoms with E-state index in [1.165, 1.54) is 6.33 Å². The van der Waals surface area contributed by atoms with Gasteiger partial charge in [0.1, 0.15) is 17.9 Å². The summed E-state index contributed by atoms with van der Waals surface area (Å²) in [7, 11) is 0. The number of furan rings is 1. The lowest BCUT2D eigenvalue weighted by atomic mass is 10.3. The van der Waals surface area contributed by atoms with Gasteiger partial charge in [0.25, 0.3) is 0 Å². The van der Waals surface area contributed by atoms with Crippen molar-refractivity contribution in [3.63, 3.8) is 0 Å². The van der Waals surface area contributed by atoms with Gasteiger partial charge in [-0.3, -0.25) is 5.10 Å². The maximum atomic E-state index is 5.16. The predicted molar refractivity (Wildman–Crippen MR) is 60.7 cm³/mol. The van der Waals surface area contributed by atoms with E-state index in [1.54, 1.807) is 6.26 Å². The number of rotatable bonds is 6. The molecule has 5 nitrogen and oxygen atoms in total. The number of hydrogen-bond donors (Lipinski definition) is 2. The van der Waals surface area contributed by atoms with Crippen LogP contribution in [0.2, 0.25) is 0 Å². The topological polar surface area (TPSA) is 66.7 Å². The molecule has 0 unspecified atom stereocenters. The number of nitrogens with one attached hydrogen (secondary N) is 2. The van der Waals surface area contributed by atoms with Crippen LogP contribution in [0.15, 0.2) is 35.2 Å². The second-order valence-corrected chi connectivity index (χ2v) is 3.30. The zero-order valence-electron chi connectivity index (χ0n) is 8.89. The number of H-pyrrole nitrogens is 1. The number of hydrogen-bond acceptors (Lipinski definition) is 4. The zero-order chi connectivity index (χ0) is 11.1. The summed E-state index contributed by atoms with van der Waals surface area (Å²) in [5, 5.41) is 9.87. The molecule has 0 aliphatic heterocycles. The summed E-state index contributed by atoms with van der Waals surface area (Å²) in [6.45, 7) is 1.69. The summed E-state index contributed by atoms with van der Waals surface area (Å²) >= 11 is 0. The molecule has 2 aromatic heterocycles. The maximum Gasteiger partial charge on any atom is 0.137 e. The molecule has 0 bridgehead atoms. The Bertz CT molecular complexity index is 405. The highest BCUT2D eigenvalue weighted by Gasteiger charge is 1.93. The maximum absolute atomic E-state index is 5.16. The van der Waals surface area contributed by atoms with Gasteiger partial charge in [-0.1, -0.05) is 6.08 Å². The monoisotopic (exact) mass is 218 g/mol. The molecular formula is C11H14N4O. The Kier molecular flexibility index (Phi) is 3.90. The molecule has 16 heavy (non-hydrogen) atoms. The van der Waals surface area contributed by atoms with Crippen LogP contribution in [-0.4, -0.2) is 28.3 Å². The van der Waals surface area contributed by atoms with Gasteiger partial charge in [-0.15, -0.1) is 0 Å². The lowest BCUT2D eigenvalue weighted by Gasteiger charge is -1.97. The van der Waals surface area contributed by atoms with Gasteiger partial charge in [-0.25, -0.2) is 4.98 Å². The highest BCUT2D eigenvalue weighted by Crippen LogP contribution is 2.01. The van der Waals surface area contributed by atoms with Gasteiger partial charge in [0.15, 0.2) is 0 Å². The van der Waals surface area contributed by atoms with Crippen LogP contribution in [0.4, 0.5) is 0 Å². The van der Waals surface area contributed by atoms with Crippen LogP contribution in [0.5, 0.6) is 0 Å². The third-order valence-electron chi connectivity index (χ3n) is 2.09. The molecule has 5 heteroatoms. The molecule has 2 rings (SSSR count). The van der Waals surface area contributed by atoms with Crippen molar-refractivity contribution < 1.29 is 4.42 Å². The van der Waals surface area contributed by atoms with Gasteiger partial charge < -0.3 is 9.73 Å². The summed E-state index contributed by atoms with van der Waals surface area (Å²) < 4.78 is 5.16. The SMILES string of the molecule is C(=C\c1ccco1)/CNCCc1ncn[nH]1. The van der Waals surface area contributed by atoms with Crippen molar-refractivity contribution in [3.05, 3.63) is 42.4 Å². The van der Waals surface area contributed by atoms with Crippen LogP contribution < -0.4 is 5.32 Å². The second-order valence-electron chi connectivity index (χ2n) is 3.30. The van der Waals surface area contributed by atoms with Gasteiger partial charge in [0.05, 0.1) is 6.26 Å². The summed E-state index contributed by atoms with van der Waals surface area (Å²) in [6, 6.07) is 3.79. The van der Waals surface area contributed by atoms with Gasteiger partial charge in [-0.05, 0) is 18.2 Å². The lowest BCUT2D eigenvalue weighted by molar-refractivity contribution is 0.556. The smallest absolute Gasteiger partial charge is 0.137 e.